The molecule has 2 aliphatic carbocycles. The topological polar surface area (TPSA) is 102 Å². The van der Waals surface area contributed by atoms with Crippen molar-refractivity contribution < 1.29 is 28.7 Å². The number of hydrogen-bond donors (Lipinski definition) is 1. The lowest BCUT2D eigenvalue weighted by Gasteiger charge is -2.28. The molecule has 2 aromatic carbocycles. The van der Waals surface area contributed by atoms with E-state index in [0.717, 1.165) is 4.90 Å². The first-order valence-electron chi connectivity index (χ1n) is 11.8. The maximum absolute atomic E-state index is 13.2. The Balaban J connectivity index is 1.22. The Bertz CT molecular complexity index is 1190. The van der Waals surface area contributed by atoms with Crippen molar-refractivity contribution in [2.75, 3.05) is 23.4 Å². The van der Waals surface area contributed by atoms with E-state index in [0.29, 0.717) is 24.5 Å². The molecule has 1 aliphatic heterocycles. The van der Waals surface area contributed by atoms with E-state index in [-0.39, 0.29) is 45.7 Å². The molecular weight excluding hydrogens is 507 g/mol. The number of esters is 1. The monoisotopic (exact) mass is 530 g/mol. The van der Waals surface area contributed by atoms with E-state index in [1.165, 1.54) is 12.1 Å². The number of amides is 3. The zero-order valence-corrected chi connectivity index (χ0v) is 20.9. The number of benzene rings is 2. The number of carbonyl (C=O) groups excluding carboxylic acids is 4. The summed E-state index contributed by atoms with van der Waals surface area (Å²) in [5.74, 6) is -2.44. The van der Waals surface area contributed by atoms with Crippen LogP contribution < -0.4 is 15.0 Å². The highest BCUT2D eigenvalue weighted by atomic mass is 35.5. The quantitative estimate of drug-likeness (QED) is 0.331. The number of halogens is 2. The summed E-state index contributed by atoms with van der Waals surface area (Å²) in [6.45, 7) is 1.91. The molecule has 1 N–H and O–H groups in total. The fourth-order valence-electron chi connectivity index (χ4n) is 5.59. The van der Waals surface area contributed by atoms with Gasteiger partial charge in [-0.3, -0.25) is 19.3 Å². The van der Waals surface area contributed by atoms with Gasteiger partial charge in [0.1, 0.15) is 5.75 Å². The fraction of sp³-hybridized carbons (Fsp3) is 0.385. The van der Waals surface area contributed by atoms with Crippen molar-refractivity contribution in [2.45, 2.75) is 24.1 Å². The van der Waals surface area contributed by atoms with E-state index >= 15 is 0 Å². The van der Waals surface area contributed by atoms with Gasteiger partial charge >= 0.3 is 5.97 Å². The predicted molar refractivity (Wildman–Crippen MR) is 133 cm³/mol. The Morgan fingerprint density at radius 1 is 1.00 bits per heavy atom. The van der Waals surface area contributed by atoms with Crippen LogP contribution in [-0.2, 0) is 19.1 Å². The van der Waals surface area contributed by atoms with Gasteiger partial charge in [0.15, 0.2) is 6.61 Å². The number of ether oxygens (including phenoxy) is 2. The van der Waals surface area contributed by atoms with E-state index < -0.39 is 30.3 Å². The van der Waals surface area contributed by atoms with Crippen LogP contribution in [0.3, 0.4) is 0 Å². The van der Waals surface area contributed by atoms with Crippen molar-refractivity contribution in [3.05, 3.63) is 54.1 Å². The van der Waals surface area contributed by atoms with Gasteiger partial charge in [0.05, 0.1) is 40.4 Å². The van der Waals surface area contributed by atoms with Crippen molar-refractivity contribution in [3.63, 3.8) is 0 Å². The van der Waals surface area contributed by atoms with Gasteiger partial charge in [-0.25, -0.2) is 4.79 Å². The molecule has 2 saturated carbocycles. The first-order valence-corrected chi connectivity index (χ1v) is 12.6. The van der Waals surface area contributed by atoms with Gasteiger partial charge in [0, 0.05) is 5.69 Å². The molecule has 3 aliphatic rings. The minimum absolute atomic E-state index is 0.118. The van der Waals surface area contributed by atoms with Gasteiger partial charge in [-0.1, -0.05) is 6.07 Å². The molecule has 1 heterocycles. The highest BCUT2D eigenvalue weighted by Gasteiger charge is 2.66. The molecule has 1 saturated heterocycles. The Kier molecular flexibility index (Phi) is 6.66. The van der Waals surface area contributed by atoms with Gasteiger partial charge < -0.3 is 14.8 Å². The molecule has 8 nitrogen and oxygen atoms in total. The molecule has 3 fully saturated rings. The minimum atomic E-state index is -0.750. The summed E-state index contributed by atoms with van der Waals surface area (Å²) in [7, 11) is 0. The summed E-state index contributed by atoms with van der Waals surface area (Å²) in [6.07, 6.45) is 0.675. The number of nitrogens with zero attached hydrogens (tertiary/aromatic N) is 1. The molecule has 6 atom stereocenters. The Labute approximate surface area is 217 Å². The highest BCUT2D eigenvalue weighted by molar-refractivity contribution is 6.32. The number of nitrogens with one attached hydrogen (secondary N) is 1. The van der Waals surface area contributed by atoms with E-state index in [1.54, 1.807) is 36.4 Å². The molecule has 36 heavy (non-hydrogen) atoms. The Morgan fingerprint density at radius 2 is 1.64 bits per heavy atom. The second-order valence-corrected chi connectivity index (χ2v) is 10.2. The maximum atomic E-state index is 13.2. The number of anilines is 2. The summed E-state index contributed by atoms with van der Waals surface area (Å²) in [5.41, 5.74) is 0.933. The average Bonchev–Trinajstić information content (AvgIpc) is 3.48. The average molecular weight is 531 g/mol. The molecule has 0 spiro atoms. The number of carbonyl (C=O) groups is 4. The van der Waals surface area contributed by atoms with E-state index in [4.69, 9.17) is 32.7 Å². The van der Waals surface area contributed by atoms with E-state index in [1.807, 2.05) is 6.92 Å². The first kappa shape index (κ1) is 24.6. The van der Waals surface area contributed by atoms with Gasteiger partial charge in [-0.2, -0.15) is 0 Å². The molecule has 0 aromatic heterocycles. The predicted octanol–water partition coefficient (Wildman–Crippen LogP) is 3.85. The lowest BCUT2D eigenvalue weighted by atomic mass is 9.80. The largest absolute Gasteiger partial charge is 0.494 e. The SMILES string of the molecule is CCOc1ccc(NC(=O)COC(=O)c2cccc(N3C(=O)[C@@H]4[C@H]5C[C@@H]([C@H](Cl)[C@H]5Cl)[C@H]4C3=O)c2)cc1. The van der Waals surface area contributed by atoms with Crippen LogP contribution in [0.5, 0.6) is 5.75 Å². The second-order valence-electron chi connectivity index (χ2n) is 9.15. The van der Waals surface area contributed by atoms with Crippen molar-refractivity contribution in [1.29, 1.82) is 0 Å². The minimum Gasteiger partial charge on any atom is -0.494 e. The van der Waals surface area contributed by atoms with Crippen LogP contribution in [-0.4, -0.2) is 47.7 Å². The van der Waals surface area contributed by atoms with Crippen LogP contribution in [0.1, 0.15) is 23.7 Å². The van der Waals surface area contributed by atoms with Crippen molar-refractivity contribution in [2.24, 2.45) is 23.7 Å². The number of imide groups is 1. The fourth-order valence-corrected chi connectivity index (χ4v) is 6.48. The molecule has 2 bridgehead atoms. The number of hydrogen-bond acceptors (Lipinski definition) is 6. The molecular formula is C26H24Cl2N2O6. The Hall–Kier alpha value is -3.10. The summed E-state index contributed by atoms with van der Waals surface area (Å²) >= 11 is 12.8. The zero-order chi connectivity index (χ0) is 25.6. The summed E-state index contributed by atoms with van der Waals surface area (Å²) in [4.78, 5) is 52.3. The van der Waals surface area contributed by atoms with Crippen LogP contribution in [0, 0.1) is 23.7 Å². The van der Waals surface area contributed by atoms with E-state index in [2.05, 4.69) is 5.32 Å². The Morgan fingerprint density at radius 3 is 2.25 bits per heavy atom. The summed E-state index contributed by atoms with van der Waals surface area (Å²) in [5, 5.41) is 1.95. The lowest BCUT2D eigenvalue weighted by molar-refractivity contribution is -0.123. The van der Waals surface area contributed by atoms with Crippen LogP contribution >= 0.6 is 23.2 Å². The van der Waals surface area contributed by atoms with Crippen molar-refractivity contribution in [1.82, 2.24) is 0 Å². The molecule has 5 rings (SSSR count). The molecule has 0 radical (unpaired) electrons. The standard InChI is InChI=1S/C26H24Cl2N2O6/c1-2-35-16-8-6-14(7-9-16)29-19(31)12-36-26(34)13-4-3-5-15(10-13)30-24(32)20-17-11-18(21(20)25(30)33)23(28)22(17)27/h3-10,17-18,20-23H,2,11-12H2,1H3,(H,29,31)/t17-,18-,20-,21-,22+,23+/m1/s1. The zero-order valence-electron chi connectivity index (χ0n) is 19.4. The van der Waals surface area contributed by atoms with Crippen molar-refractivity contribution in [3.8, 4) is 5.75 Å². The molecule has 2 aromatic rings. The smallest absolute Gasteiger partial charge is 0.338 e. The van der Waals surface area contributed by atoms with Gasteiger partial charge in [0.25, 0.3) is 5.91 Å². The summed E-state index contributed by atoms with van der Waals surface area (Å²) < 4.78 is 10.5. The van der Waals surface area contributed by atoms with Crippen LogP contribution in [0.25, 0.3) is 0 Å². The number of rotatable bonds is 7. The van der Waals surface area contributed by atoms with Crippen LogP contribution in [0.2, 0.25) is 0 Å². The van der Waals surface area contributed by atoms with Gasteiger partial charge in [-0.05, 0) is 67.6 Å². The normalized spacial score (nSPS) is 28.2. The first-order chi connectivity index (χ1) is 17.3. The number of fused-ring (bicyclic) bond motifs is 5. The molecule has 188 valence electrons. The third-order valence-corrected chi connectivity index (χ3v) is 8.43. The summed E-state index contributed by atoms with van der Waals surface area (Å²) in [6, 6.07) is 12.9. The van der Waals surface area contributed by atoms with Crippen LogP contribution in [0.4, 0.5) is 11.4 Å². The van der Waals surface area contributed by atoms with Crippen LogP contribution in [0.15, 0.2) is 48.5 Å². The number of alkyl halides is 2. The maximum Gasteiger partial charge on any atom is 0.338 e. The molecule has 10 heteroatoms. The molecule has 0 unspecified atom stereocenters. The third kappa shape index (κ3) is 4.22. The van der Waals surface area contributed by atoms with Crippen molar-refractivity contribution >= 4 is 58.3 Å². The van der Waals surface area contributed by atoms with Gasteiger partial charge in [0.2, 0.25) is 11.8 Å². The third-order valence-electron chi connectivity index (χ3n) is 7.11. The lowest BCUT2D eigenvalue weighted by Crippen LogP contribution is -2.37. The van der Waals surface area contributed by atoms with Gasteiger partial charge in [-0.15, -0.1) is 23.2 Å². The second kappa shape index (κ2) is 9.75. The van der Waals surface area contributed by atoms with E-state index in [9.17, 15) is 19.2 Å². The molecule has 3 amide bonds. The highest BCUT2D eigenvalue weighted by Crippen LogP contribution is 2.59.